The molecule has 0 aliphatic carbocycles. The molecule has 8 heteroatoms. The maximum atomic E-state index is 12.2. The Hall–Kier alpha value is -2.19. The van der Waals surface area contributed by atoms with E-state index in [2.05, 4.69) is 15.5 Å². The van der Waals surface area contributed by atoms with Crippen LogP contribution in [0.25, 0.3) is 0 Å². The van der Waals surface area contributed by atoms with Gasteiger partial charge in [-0.2, -0.15) is 0 Å². The van der Waals surface area contributed by atoms with Crippen LogP contribution in [0.15, 0.2) is 18.2 Å². The van der Waals surface area contributed by atoms with Crippen molar-refractivity contribution in [3.05, 3.63) is 33.9 Å². The first-order valence-electron chi connectivity index (χ1n) is 7.15. The van der Waals surface area contributed by atoms with E-state index in [1.54, 1.807) is 0 Å². The maximum absolute atomic E-state index is 12.2. The molecule has 22 heavy (non-hydrogen) atoms. The highest BCUT2D eigenvalue weighted by Crippen LogP contribution is 2.23. The Morgan fingerprint density at radius 2 is 2.18 bits per heavy atom. The summed E-state index contributed by atoms with van der Waals surface area (Å²) in [7, 11) is 1.45. The number of rotatable bonds is 6. The van der Waals surface area contributed by atoms with Crippen LogP contribution >= 0.6 is 0 Å². The zero-order valence-corrected chi connectivity index (χ0v) is 12.5. The lowest BCUT2D eigenvalue weighted by atomic mass is 10.1. The Kier molecular flexibility index (Phi) is 5.68. The van der Waals surface area contributed by atoms with Crippen LogP contribution in [-0.4, -0.2) is 62.1 Å². The molecule has 1 saturated heterocycles. The Bertz CT molecular complexity index is 544. The number of nitrogens with one attached hydrogen (secondary N) is 2. The van der Waals surface area contributed by atoms with Crippen LogP contribution in [0, 0.1) is 10.1 Å². The van der Waals surface area contributed by atoms with Crippen molar-refractivity contribution in [2.45, 2.75) is 0 Å². The van der Waals surface area contributed by atoms with Gasteiger partial charge in [0.15, 0.2) is 0 Å². The fourth-order valence-electron chi connectivity index (χ4n) is 2.34. The number of benzene rings is 1. The molecule has 0 aromatic heterocycles. The molecular formula is C14H20N4O4. The standard InChI is InChI=1S/C14H20N4O4/c1-22-11-2-3-13(18(20)21)12(10-11)14(19)16-6-9-17-7-4-15-5-8-17/h2-3,10,15H,4-9H2,1H3,(H,16,19). The summed E-state index contributed by atoms with van der Waals surface area (Å²) in [4.78, 5) is 24.9. The smallest absolute Gasteiger partial charge is 0.282 e. The largest absolute Gasteiger partial charge is 0.497 e. The third kappa shape index (κ3) is 4.15. The van der Waals surface area contributed by atoms with Crippen molar-refractivity contribution in [2.75, 3.05) is 46.4 Å². The van der Waals surface area contributed by atoms with Crippen molar-refractivity contribution in [1.82, 2.24) is 15.5 Å². The molecule has 1 fully saturated rings. The van der Waals surface area contributed by atoms with Gasteiger partial charge in [-0.15, -0.1) is 0 Å². The van der Waals surface area contributed by atoms with E-state index in [0.717, 1.165) is 32.7 Å². The minimum Gasteiger partial charge on any atom is -0.497 e. The lowest BCUT2D eigenvalue weighted by molar-refractivity contribution is -0.385. The van der Waals surface area contributed by atoms with E-state index >= 15 is 0 Å². The van der Waals surface area contributed by atoms with Crippen molar-refractivity contribution < 1.29 is 14.5 Å². The minimum atomic E-state index is -0.565. The van der Waals surface area contributed by atoms with Gasteiger partial charge in [0, 0.05) is 45.3 Å². The van der Waals surface area contributed by atoms with E-state index in [9.17, 15) is 14.9 Å². The fourth-order valence-corrected chi connectivity index (χ4v) is 2.34. The molecule has 0 saturated carbocycles. The molecule has 0 radical (unpaired) electrons. The highest BCUT2D eigenvalue weighted by atomic mass is 16.6. The molecule has 1 aliphatic rings. The van der Waals surface area contributed by atoms with Gasteiger partial charge in [0.25, 0.3) is 11.6 Å². The van der Waals surface area contributed by atoms with Crippen LogP contribution < -0.4 is 15.4 Å². The number of carbonyl (C=O) groups is 1. The molecule has 1 aromatic carbocycles. The summed E-state index contributed by atoms with van der Waals surface area (Å²) in [6.07, 6.45) is 0. The Morgan fingerprint density at radius 1 is 1.45 bits per heavy atom. The second-order valence-electron chi connectivity index (χ2n) is 4.99. The number of carbonyl (C=O) groups excluding carboxylic acids is 1. The van der Waals surface area contributed by atoms with Gasteiger partial charge in [0.2, 0.25) is 0 Å². The Morgan fingerprint density at radius 3 is 2.82 bits per heavy atom. The van der Waals surface area contributed by atoms with E-state index in [1.807, 2.05) is 0 Å². The van der Waals surface area contributed by atoms with Gasteiger partial charge >= 0.3 is 0 Å². The number of nitro benzene ring substituents is 1. The third-order valence-corrected chi connectivity index (χ3v) is 3.57. The zero-order valence-electron chi connectivity index (χ0n) is 12.5. The molecule has 8 nitrogen and oxygen atoms in total. The van der Waals surface area contributed by atoms with Crippen LogP contribution in [0.3, 0.4) is 0 Å². The van der Waals surface area contributed by atoms with Crippen LogP contribution in [-0.2, 0) is 0 Å². The van der Waals surface area contributed by atoms with Crippen LogP contribution in [0.4, 0.5) is 5.69 Å². The summed E-state index contributed by atoms with van der Waals surface area (Å²) < 4.78 is 5.02. The first kappa shape index (κ1) is 16.2. The topological polar surface area (TPSA) is 96.7 Å². The average Bonchev–Trinajstić information content (AvgIpc) is 2.55. The van der Waals surface area contributed by atoms with Gasteiger partial charge in [-0.25, -0.2) is 0 Å². The first-order valence-corrected chi connectivity index (χ1v) is 7.15. The third-order valence-electron chi connectivity index (χ3n) is 3.57. The summed E-state index contributed by atoms with van der Waals surface area (Å²) >= 11 is 0. The van der Waals surface area contributed by atoms with Gasteiger partial charge in [-0.3, -0.25) is 19.8 Å². The summed E-state index contributed by atoms with van der Waals surface area (Å²) in [5.41, 5.74) is -0.204. The quantitative estimate of drug-likeness (QED) is 0.577. The monoisotopic (exact) mass is 308 g/mol. The molecule has 0 spiro atoms. The number of nitro groups is 1. The van der Waals surface area contributed by atoms with Crippen LogP contribution in [0.1, 0.15) is 10.4 Å². The number of hydrogen-bond donors (Lipinski definition) is 2. The number of piperazine rings is 1. The zero-order chi connectivity index (χ0) is 15.9. The molecule has 1 amide bonds. The lowest BCUT2D eigenvalue weighted by Gasteiger charge is -2.27. The number of methoxy groups -OCH3 is 1. The molecule has 1 aromatic rings. The number of hydrogen-bond acceptors (Lipinski definition) is 6. The van der Waals surface area contributed by atoms with Crippen molar-refractivity contribution in [2.24, 2.45) is 0 Å². The lowest BCUT2D eigenvalue weighted by Crippen LogP contribution is -2.46. The van der Waals surface area contributed by atoms with Gasteiger partial charge < -0.3 is 15.4 Å². The molecule has 0 atom stereocenters. The SMILES string of the molecule is COc1ccc([N+](=O)[O-])c(C(=O)NCCN2CCNCC2)c1. The van der Waals surface area contributed by atoms with Gasteiger partial charge in [0.1, 0.15) is 11.3 Å². The molecule has 2 rings (SSSR count). The van der Waals surface area contributed by atoms with Gasteiger partial charge in [0.05, 0.1) is 12.0 Å². The summed E-state index contributed by atoms with van der Waals surface area (Å²) in [5, 5.41) is 17.0. The van der Waals surface area contributed by atoms with E-state index < -0.39 is 10.8 Å². The Labute approximate surface area is 128 Å². The molecule has 0 unspecified atom stereocenters. The van der Waals surface area contributed by atoms with Crippen molar-refractivity contribution in [3.63, 3.8) is 0 Å². The molecule has 2 N–H and O–H groups in total. The minimum absolute atomic E-state index is 0.0182. The highest BCUT2D eigenvalue weighted by Gasteiger charge is 2.21. The van der Waals surface area contributed by atoms with E-state index in [-0.39, 0.29) is 11.3 Å². The van der Waals surface area contributed by atoms with Crippen molar-refractivity contribution in [1.29, 1.82) is 0 Å². The van der Waals surface area contributed by atoms with E-state index in [4.69, 9.17) is 4.74 Å². The summed E-state index contributed by atoms with van der Waals surface area (Å²) in [6, 6.07) is 4.14. The molecular weight excluding hydrogens is 288 g/mol. The Balaban J connectivity index is 1.97. The average molecular weight is 308 g/mol. The molecule has 1 aliphatic heterocycles. The fraction of sp³-hybridized carbons (Fsp3) is 0.500. The normalized spacial score (nSPS) is 15.3. The number of ether oxygens (including phenoxy) is 1. The van der Waals surface area contributed by atoms with Crippen molar-refractivity contribution >= 4 is 11.6 Å². The predicted octanol–water partition coefficient (Wildman–Crippen LogP) is 0.238. The van der Waals surface area contributed by atoms with Gasteiger partial charge in [-0.05, 0) is 12.1 Å². The van der Waals surface area contributed by atoms with Gasteiger partial charge in [-0.1, -0.05) is 0 Å². The van der Waals surface area contributed by atoms with Crippen molar-refractivity contribution in [3.8, 4) is 5.75 Å². The first-order chi connectivity index (χ1) is 10.6. The maximum Gasteiger partial charge on any atom is 0.282 e. The predicted molar refractivity (Wildman–Crippen MR) is 81.3 cm³/mol. The summed E-state index contributed by atoms with van der Waals surface area (Å²) in [5.74, 6) is -0.0430. The van der Waals surface area contributed by atoms with Crippen LogP contribution in [0.2, 0.25) is 0 Å². The summed E-state index contributed by atoms with van der Waals surface area (Å²) in [6.45, 7) is 4.94. The molecule has 0 bridgehead atoms. The molecule has 120 valence electrons. The number of nitrogens with zero attached hydrogens (tertiary/aromatic N) is 2. The second-order valence-corrected chi connectivity index (χ2v) is 4.99. The van der Waals surface area contributed by atoms with E-state index in [1.165, 1.54) is 25.3 Å². The second kappa shape index (κ2) is 7.71. The number of amides is 1. The highest BCUT2D eigenvalue weighted by molar-refractivity contribution is 5.98. The molecule has 1 heterocycles. The van der Waals surface area contributed by atoms with Crippen LogP contribution in [0.5, 0.6) is 5.75 Å². The van der Waals surface area contributed by atoms with E-state index in [0.29, 0.717) is 12.3 Å².